The number of nitro benzene ring substituents is 1. The molecule has 1 heterocycles. The smallest absolute Gasteiger partial charge is 0.258 e. The summed E-state index contributed by atoms with van der Waals surface area (Å²) in [4.78, 5) is 10.6. The zero-order valence-electron chi connectivity index (χ0n) is 16.7. The first-order valence-corrected chi connectivity index (χ1v) is 11.2. The molecular weight excluding hydrogens is 400 g/mol. The van der Waals surface area contributed by atoms with Crippen LogP contribution in [0.2, 0.25) is 0 Å². The summed E-state index contributed by atoms with van der Waals surface area (Å²) in [6.45, 7) is 4.08. The van der Waals surface area contributed by atoms with Gasteiger partial charge < -0.3 is 0 Å². The molecule has 0 amide bonds. The van der Waals surface area contributed by atoms with Crippen molar-refractivity contribution in [2.45, 2.75) is 31.3 Å². The van der Waals surface area contributed by atoms with Crippen LogP contribution in [-0.4, -0.2) is 17.6 Å². The Morgan fingerprint density at radius 1 is 0.933 bits per heavy atom. The molecule has 3 aromatic carbocycles. The molecule has 0 aromatic heterocycles. The Balaban J connectivity index is 1.99. The van der Waals surface area contributed by atoms with E-state index in [1.165, 1.54) is 28.6 Å². The molecule has 4 rings (SSSR count). The largest absolute Gasteiger partial charge is 0.289 e. The number of benzene rings is 3. The van der Waals surface area contributed by atoms with Gasteiger partial charge in [0.15, 0.2) is 4.90 Å². The van der Waals surface area contributed by atoms with Crippen molar-refractivity contribution in [3.8, 4) is 11.1 Å². The average Bonchev–Trinajstić information content (AvgIpc) is 2.89. The van der Waals surface area contributed by atoms with Gasteiger partial charge in [0.25, 0.3) is 15.7 Å². The third kappa shape index (κ3) is 3.30. The topological polar surface area (TPSA) is 80.5 Å². The fraction of sp³-hybridized carbons (Fsp3) is 0.217. The Labute approximate surface area is 176 Å². The van der Waals surface area contributed by atoms with Crippen LogP contribution in [0, 0.1) is 16.0 Å². The molecule has 6 nitrogen and oxygen atoms in total. The Morgan fingerprint density at radius 3 is 2.23 bits per heavy atom. The van der Waals surface area contributed by atoms with Crippen molar-refractivity contribution in [1.29, 1.82) is 0 Å². The monoisotopic (exact) mass is 422 g/mol. The van der Waals surface area contributed by atoms with E-state index >= 15 is 0 Å². The number of para-hydroxylation sites is 1. The highest BCUT2D eigenvalue weighted by atomic mass is 32.2. The van der Waals surface area contributed by atoms with Crippen LogP contribution in [0.25, 0.3) is 11.1 Å². The predicted molar refractivity (Wildman–Crippen MR) is 115 cm³/mol. The van der Waals surface area contributed by atoms with Gasteiger partial charge in [-0.3, -0.25) is 10.1 Å². The Bertz CT molecular complexity index is 1220. The molecule has 0 spiro atoms. The van der Waals surface area contributed by atoms with Crippen LogP contribution in [0.15, 0.2) is 77.7 Å². The lowest BCUT2D eigenvalue weighted by Crippen LogP contribution is -2.36. The standard InChI is InChI=1S/C23H22N2O4S/c1-16(2)23-20-12-6-5-11-19(20)18-10-4-3-9-17(18)15-24(23)30(28,29)22-14-8-7-13-21(22)25(26)27/h3-14,16,23H,15H2,1-2H3/t23-/m1/s1. The lowest BCUT2D eigenvalue weighted by molar-refractivity contribution is -0.387. The molecule has 7 heteroatoms. The molecule has 30 heavy (non-hydrogen) atoms. The highest BCUT2D eigenvalue weighted by Crippen LogP contribution is 2.44. The van der Waals surface area contributed by atoms with E-state index in [2.05, 4.69) is 0 Å². The predicted octanol–water partition coefficient (Wildman–Crippen LogP) is 5.16. The molecule has 0 bridgehead atoms. The first kappa shape index (κ1) is 20.3. The van der Waals surface area contributed by atoms with Crippen molar-refractivity contribution in [3.05, 3.63) is 94.0 Å². The number of nitrogens with zero attached hydrogens (tertiary/aromatic N) is 2. The van der Waals surface area contributed by atoms with Gasteiger partial charge in [-0.05, 0) is 34.2 Å². The molecule has 1 atom stereocenters. The lowest BCUT2D eigenvalue weighted by Gasteiger charge is -2.33. The van der Waals surface area contributed by atoms with E-state index in [1.54, 1.807) is 0 Å². The number of nitro groups is 1. The molecule has 1 aliphatic rings. The third-order valence-electron chi connectivity index (χ3n) is 5.50. The SMILES string of the molecule is CC(C)[C@@H]1c2ccccc2-c2ccccc2CN1S(=O)(=O)c1ccccc1[N+](=O)[O-]. The molecule has 3 aromatic rings. The zero-order valence-corrected chi connectivity index (χ0v) is 17.5. The van der Waals surface area contributed by atoms with Gasteiger partial charge in [-0.25, -0.2) is 8.42 Å². The van der Waals surface area contributed by atoms with Gasteiger partial charge in [0.1, 0.15) is 0 Å². The molecule has 0 saturated heterocycles. The molecule has 0 fully saturated rings. The van der Waals surface area contributed by atoms with Crippen molar-refractivity contribution in [3.63, 3.8) is 0 Å². The van der Waals surface area contributed by atoms with Crippen molar-refractivity contribution < 1.29 is 13.3 Å². The van der Waals surface area contributed by atoms with Crippen LogP contribution in [0.1, 0.15) is 31.0 Å². The van der Waals surface area contributed by atoms with Crippen molar-refractivity contribution >= 4 is 15.7 Å². The summed E-state index contributed by atoms with van der Waals surface area (Å²) in [6.07, 6.45) is 0. The van der Waals surface area contributed by atoms with Gasteiger partial charge in [-0.1, -0.05) is 74.5 Å². The second kappa shape index (κ2) is 7.66. The van der Waals surface area contributed by atoms with E-state index in [0.717, 1.165) is 22.3 Å². The molecule has 0 unspecified atom stereocenters. The third-order valence-corrected chi connectivity index (χ3v) is 7.38. The number of hydrogen-bond donors (Lipinski definition) is 0. The lowest BCUT2D eigenvalue weighted by atomic mass is 9.90. The van der Waals surface area contributed by atoms with E-state index in [0.29, 0.717) is 0 Å². The van der Waals surface area contributed by atoms with Crippen LogP contribution in [-0.2, 0) is 16.6 Å². The number of hydrogen-bond acceptors (Lipinski definition) is 4. The van der Waals surface area contributed by atoms with E-state index in [1.807, 2.05) is 62.4 Å². The molecular formula is C23H22N2O4S. The van der Waals surface area contributed by atoms with Gasteiger partial charge in [-0.2, -0.15) is 4.31 Å². The fourth-order valence-corrected chi connectivity index (χ4v) is 6.10. The second-order valence-electron chi connectivity index (χ2n) is 7.71. The Morgan fingerprint density at radius 2 is 1.53 bits per heavy atom. The Kier molecular flexibility index (Phi) is 5.17. The second-order valence-corrected chi connectivity index (χ2v) is 9.57. The zero-order chi connectivity index (χ0) is 21.5. The normalized spacial score (nSPS) is 16.6. The summed E-state index contributed by atoms with van der Waals surface area (Å²) in [5.74, 6) is -0.0435. The van der Waals surface area contributed by atoms with Gasteiger partial charge in [0, 0.05) is 12.6 Å². The van der Waals surface area contributed by atoms with Crippen molar-refractivity contribution in [2.24, 2.45) is 5.92 Å². The summed E-state index contributed by atoms with van der Waals surface area (Å²) in [6, 6.07) is 20.6. The van der Waals surface area contributed by atoms with E-state index in [4.69, 9.17) is 0 Å². The quantitative estimate of drug-likeness (QED) is 0.429. The maximum absolute atomic E-state index is 13.8. The van der Waals surface area contributed by atoms with E-state index in [-0.39, 0.29) is 17.4 Å². The van der Waals surface area contributed by atoms with Crippen molar-refractivity contribution in [2.75, 3.05) is 0 Å². The van der Waals surface area contributed by atoms with Gasteiger partial charge >= 0.3 is 0 Å². The molecule has 0 radical (unpaired) electrons. The molecule has 0 aliphatic carbocycles. The summed E-state index contributed by atoms with van der Waals surface area (Å²) < 4.78 is 29.1. The first-order chi connectivity index (χ1) is 14.3. The summed E-state index contributed by atoms with van der Waals surface area (Å²) in [7, 11) is -4.15. The number of sulfonamides is 1. The molecule has 154 valence electrons. The first-order valence-electron chi connectivity index (χ1n) is 9.75. The van der Waals surface area contributed by atoms with Crippen LogP contribution < -0.4 is 0 Å². The van der Waals surface area contributed by atoms with Crippen LogP contribution in [0.5, 0.6) is 0 Å². The number of rotatable bonds is 4. The van der Waals surface area contributed by atoms with Gasteiger partial charge in [0.2, 0.25) is 0 Å². The van der Waals surface area contributed by atoms with Crippen LogP contribution in [0.3, 0.4) is 0 Å². The molecule has 1 aliphatic heterocycles. The summed E-state index contributed by atoms with van der Waals surface area (Å²) in [5.41, 5.74) is 3.34. The minimum absolute atomic E-state index is 0.0435. The van der Waals surface area contributed by atoms with Crippen LogP contribution in [0.4, 0.5) is 5.69 Å². The molecule has 0 saturated carbocycles. The average molecular weight is 423 g/mol. The maximum Gasteiger partial charge on any atom is 0.289 e. The minimum atomic E-state index is -4.15. The van der Waals surface area contributed by atoms with Gasteiger partial charge in [-0.15, -0.1) is 0 Å². The Hall–Kier alpha value is -3.03. The fourth-order valence-electron chi connectivity index (χ4n) is 4.22. The molecule has 0 N–H and O–H groups in total. The van der Waals surface area contributed by atoms with Gasteiger partial charge in [0.05, 0.1) is 11.0 Å². The van der Waals surface area contributed by atoms with E-state index < -0.39 is 26.7 Å². The maximum atomic E-state index is 13.8. The summed E-state index contributed by atoms with van der Waals surface area (Å²) in [5, 5.41) is 11.6. The van der Waals surface area contributed by atoms with Crippen LogP contribution >= 0.6 is 0 Å². The van der Waals surface area contributed by atoms with Crippen molar-refractivity contribution in [1.82, 2.24) is 4.31 Å². The highest BCUT2D eigenvalue weighted by molar-refractivity contribution is 7.89. The number of fused-ring (bicyclic) bond motifs is 3. The summed E-state index contributed by atoms with van der Waals surface area (Å²) >= 11 is 0. The van der Waals surface area contributed by atoms with E-state index in [9.17, 15) is 18.5 Å². The minimum Gasteiger partial charge on any atom is -0.258 e. The highest BCUT2D eigenvalue weighted by Gasteiger charge is 2.40.